The van der Waals surface area contributed by atoms with Gasteiger partial charge in [0.15, 0.2) is 0 Å². The highest BCUT2D eigenvalue weighted by Crippen LogP contribution is 2.28. The van der Waals surface area contributed by atoms with Crippen molar-refractivity contribution < 1.29 is 8.42 Å². The van der Waals surface area contributed by atoms with Crippen molar-refractivity contribution in [1.29, 1.82) is 0 Å². The number of nitrogen functional groups attached to an aromatic ring is 1. The predicted octanol–water partition coefficient (Wildman–Crippen LogP) is 2.05. The first kappa shape index (κ1) is 14.3. The van der Waals surface area contributed by atoms with Crippen LogP contribution in [-0.4, -0.2) is 14.2 Å². The number of hydrogen-bond donors (Lipinski definition) is 2. The van der Waals surface area contributed by atoms with Crippen molar-refractivity contribution in [1.82, 2.24) is 0 Å². The molecule has 0 fully saturated rings. The van der Waals surface area contributed by atoms with Crippen LogP contribution in [0.4, 0.5) is 5.69 Å². The fourth-order valence-corrected chi connectivity index (χ4v) is 2.99. The molecule has 0 aliphatic rings. The van der Waals surface area contributed by atoms with Gasteiger partial charge in [-0.2, -0.15) is 0 Å². The van der Waals surface area contributed by atoms with Crippen LogP contribution in [0.1, 0.15) is 20.3 Å². The molecule has 0 bridgehead atoms. The Morgan fingerprint density at radius 2 is 2.00 bits per heavy atom. The fourth-order valence-electron chi connectivity index (χ4n) is 1.24. The lowest BCUT2D eigenvalue weighted by Gasteiger charge is -2.08. The minimum Gasteiger partial charge on any atom is -0.398 e. The first-order valence-electron chi connectivity index (χ1n) is 5.36. The standard InChI is InChI=1S/C11H18N2O2S2/c1-8(2)5-6-16-11-4-3-9(7-10(11)12)17(13,14)15/h3-4,7-8H,5-6,12H2,1-2H3,(H2,13,14,15). The summed E-state index contributed by atoms with van der Waals surface area (Å²) in [6, 6.07) is 4.61. The van der Waals surface area contributed by atoms with E-state index in [-0.39, 0.29) is 4.90 Å². The molecule has 1 rings (SSSR count). The number of anilines is 1. The van der Waals surface area contributed by atoms with Crippen LogP contribution in [0, 0.1) is 5.92 Å². The van der Waals surface area contributed by atoms with Crippen LogP contribution in [0.2, 0.25) is 0 Å². The number of thioether (sulfide) groups is 1. The highest BCUT2D eigenvalue weighted by Gasteiger charge is 2.10. The summed E-state index contributed by atoms with van der Waals surface area (Å²) in [4.78, 5) is 0.959. The smallest absolute Gasteiger partial charge is 0.238 e. The van der Waals surface area contributed by atoms with Crippen molar-refractivity contribution in [3.8, 4) is 0 Å². The summed E-state index contributed by atoms with van der Waals surface area (Å²) >= 11 is 1.63. The Morgan fingerprint density at radius 3 is 2.47 bits per heavy atom. The van der Waals surface area contributed by atoms with E-state index in [1.807, 2.05) is 0 Å². The molecule has 6 heteroatoms. The topological polar surface area (TPSA) is 86.2 Å². The Kier molecular flexibility index (Phi) is 4.85. The largest absolute Gasteiger partial charge is 0.398 e. The zero-order chi connectivity index (χ0) is 13.1. The predicted molar refractivity (Wildman–Crippen MR) is 72.4 cm³/mol. The molecule has 0 radical (unpaired) electrons. The molecule has 4 N–H and O–H groups in total. The molecule has 1 aromatic carbocycles. The van der Waals surface area contributed by atoms with Crippen molar-refractivity contribution >= 4 is 27.5 Å². The summed E-state index contributed by atoms with van der Waals surface area (Å²) in [5.41, 5.74) is 6.26. The van der Waals surface area contributed by atoms with Crippen molar-refractivity contribution in [2.45, 2.75) is 30.1 Å². The lowest BCUT2D eigenvalue weighted by Crippen LogP contribution is -2.12. The minimum atomic E-state index is -3.67. The third-order valence-corrected chi connectivity index (χ3v) is 4.30. The lowest BCUT2D eigenvalue weighted by atomic mass is 10.2. The van der Waals surface area contributed by atoms with Crippen molar-refractivity contribution in [3.63, 3.8) is 0 Å². The van der Waals surface area contributed by atoms with Gasteiger partial charge in [-0.15, -0.1) is 11.8 Å². The molecule has 0 aliphatic carbocycles. The maximum atomic E-state index is 11.1. The molecular formula is C11H18N2O2S2. The SMILES string of the molecule is CC(C)CCSc1ccc(S(N)(=O)=O)cc1N. The van der Waals surface area contributed by atoms with E-state index in [4.69, 9.17) is 10.9 Å². The van der Waals surface area contributed by atoms with Gasteiger partial charge < -0.3 is 5.73 Å². The van der Waals surface area contributed by atoms with Gasteiger partial charge in [0.05, 0.1) is 4.90 Å². The first-order chi connectivity index (χ1) is 7.80. The summed E-state index contributed by atoms with van der Waals surface area (Å²) in [5.74, 6) is 1.61. The van der Waals surface area contributed by atoms with Gasteiger partial charge in [-0.05, 0) is 36.3 Å². The van der Waals surface area contributed by atoms with Gasteiger partial charge >= 0.3 is 0 Å². The Bertz CT molecular complexity index is 484. The summed E-state index contributed by atoms with van der Waals surface area (Å²) in [6.07, 6.45) is 1.10. The Labute approximate surface area is 107 Å². The molecule has 17 heavy (non-hydrogen) atoms. The lowest BCUT2D eigenvalue weighted by molar-refractivity contribution is 0.598. The van der Waals surface area contributed by atoms with Gasteiger partial charge in [0, 0.05) is 10.6 Å². The normalized spacial score (nSPS) is 12.0. The molecule has 0 heterocycles. The van der Waals surface area contributed by atoms with Gasteiger partial charge in [-0.25, -0.2) is 13.6 Å². The van der Waals surface area contributed by atoms with Crippen molar-refractivity contribution in [2.75, 3.05) is 11.5 Å². The molecule has 1 aromatic rings. The van der Waals surface area contributed by atoms with Crippen molar-refractivity contribution in [3.05, 3.63) is 18.2 Å². The van der Waals surface area contributed by atoms with Gasteiger partial charge in [0.2, 0.25) is 10.0 Å². The van der Waals surface area contributed by atoms with Gasteiger partial charge in [0.1, 0.15) is 0 Å². The van der Waals surface area contributed by atoms with Crippen LogP contribution < -0.4 is 10.9 Å². The van der Waals surface area contributed by atoms with Crippen LogP contribution in [0.5, 0.6) is 0 Å². The maximum Gasteiger partial charge on any atom is 0.238 e. The Hall–Kier alpha value is -0.720. The minimum absolute atomic E-state index is 0.0585. The molecule has 0 saturated carbocycles. The zero-order valence-corrected chi connectivity index (χ0v) is 11.6. The van der Waals surface area contributed by atoms with E-state index in [0.29, 0.717) is 11.6 Å². The molecule has 0 saturated heterocycles. The van der Waals surface area contributed by atoms with E-state index in [1.165, 1.54) is 12.1 Å². The van der Waals surface area contributed by atoms with Gasteiger partial charge in [-0.3, -0.25) is 0 Å². The van der Waals surface area contributed by atoms with Crippen LogP contribution in [-0.2, 0) is 10.0 Å². The van der Waals surface area contributed by atoms with Gasteiger partial charge in [0.25, 0.3) is 0 Å². The number of sulfonamides is 1. The van der Waals surface area contributed by atoms with Gasteiger partial charge in [-0.1, -0.05) is 13.8 Å². The molecular weight excluding hydrogens is 256 g/mol. The number of hydrogen-bond acceptors (Lipinski definition) is 4. The number of rotatable bonds is 5. The van der Waals surface area contributed by atoms with E-state index in [1.54, 1.807) is 17.8 Å². The molecule has 0 spiro atoms. The molecule has 0 unspecified atom stereocenters. The van der Waals surface area contributed by atoms with E-state index >= 15 is 0 Å². The van der Waals surface area contributed by atoms with Crippen LogP contribution in [0.15, 0.2) is 28.0 Å². The highest BCUT2D eigenvalue weighted by atomic mass is 32.2. The summed E-state index contributed by atoms with van der Waals surface area (Å²) in [5, 5.41) is 5.03. The summed E-state index contributed by atoms with van der Waals surface area (Å²) in [7, 11) is -3.67. The highest BCUT2D eigenvalue weighted by molar-refractivity contribution is 7.99. The Morgan fingerprint density at radius 1 is 1.35 bits per heavy atom. The molecule has 96 valence electrons. The number of primary sulfonamides is 1. The van der Waals surface area contributed by atoms with E-state index in [9.17, 15) is 8.42 Å². The monoisotopic (exact) mass is 274 g/mol. The molecule has 4 nitrogen and oxygen atoms in total. The van der Waals surface area contributed by atoms with Crippen LogP contribution in [0.25, 0.3) is 0 Å². The number of nitrogens with two attached hydrogens (primary N) is 2. The van der Waals surface area contributed by atoms with Crippen LogP contribution >= 0.6 is 11.8 Å². The average Bonchev–Trinajstić information content (AvgIpc) is 2.18. The van der Waals surface area contributed by atoms with E-state index in [2.05, 4.69) is 13.8 Å². The Balaban J connectivity index is 2.77. The molecule has 0 aromatic heterocycles. The second kappa shape index (κ2) is 5.75. The molecule has 0 atom stereocenters. The molecule has 0 aliphatic heterocycles. The maximum absolute atomic E-state index is 11.1. The zero-order valence-electron chi connectivity index (χ0n) is 10.0. The van der Waals surface area contributed by atoms with Crippen LogP contribution in [0.3, 0.4) is 0 Å². The summed E-state index contributed by atoms with van der Waals surface area (Å²) < 4.78 is 22.2. The van der Waals surface area contributed by atoms with E-state index < -0.39 is 10.0 Å². The van der Waals surface area contributed by atoms with E-state index in [0.717, 1.165) is 17.1 Å². The van der Waals surface area contributed by atoms with Crippen molar-refractivity contribution in [2.24, 2.45) is 11.1 Å². The quantitative estimate of drug-likeness (QED) is 0.635. The third kappa shape index (κ3) is 4.57. The third-order valence-electron chi connectivity index (χ3n) is 2.26. The summed E-state index contributed by atoms with van der Waals surface area (Å²) in [6.45, 7) is 4.32. The first-order valence-corrected chi connectivity index (χ1v) is 7.89. The molecule has 0 amide bonds. The average molecular weight is 274 g/mol. The second-order valence-electron chi connectivity index (χ2n) is 4.28. The second-order valence-corrected chi connectivity index (χ2v) is 6.97. The number of benzene rings is 1. The fraction of sp³-hybridized carbons (Fsp3) is 0.455.